The molecule has 0 aliphatic carbocycles. The Labute approximate surface area is 158 Å². The maximum Gasteiger partial charge on any atom is 0.223 e. The number of ether oxygens (including phenoxy) is 1. The van der Waals surface area contributed by atoms with Crippen molar-refractivity contribution in [2.75, 3.05) is 13.7 Å². The van der Waals surface area contributed by atoms with E-state index in [1.54, 1.807) is 18.4 Å². The summed E-state index contributed by atoms with van der Waals surface area (Å²) in [4.78, 5) is 29.3. The van der Waals surface area contributed by atoms with Crippen molar-refractivity contribution in [2.24, 2.45) is 0 Å². The zero-order valence-corrected chi connectivity index (χ0v) is 16.4. The first kappa shape index (κ1) is 18.6. The third kappa shape index (κ3) is 3.98. The Morgan fingerprint density at radius 3 is 2.73 bits per heavy atom. The highest BCUT2D eigenvalue weighted by atomic mass is 32.1. The smallest absolute Gasteiger partial charge is 0.223 e. The van der Waals surface area contributed by atoms with Gasteiger partial charge in [0.2, 0.25) is 5.91 Å². The molecule has 0 bridgehead atoms. The van der Waals surface area contributed by atoms with Gasteiger partial charge >= 0.3 is 0 Å². The number of rotatable bonds is 6. The van der Waals surface area contributed by atoms with Gasteiger partial charge in [-0.15, -0.1) is 11.3 Å². The number of aryl methyl sites for hydroxylation is 2. The van der Waals surface area contributed by atoms with Gasteiger partial charge in [0, 0.05) is 34.7 Å². The quantitative estimate of drug-likeness (QED) is 0.692. The van der Waals surface area contributed by atoms with E-state index in [1.165, 1.54) is 0 Å². The monoisotopic (exact) mass is 371 g/mol. The number of Topliss-reactive ketones (excluding diaryl/α,β-unsaturated/α-hetero) is 1. The number of amides is 1. The molecule has 1 aromatic heterocycles. The molecule has 1 aliphatic rings. The van der Waals surface area contributed by atoms with Crippen LogP contribution in [0, 0.1) is 13.8 Å². The summed E-state index contributed by atoms with van der Waals surface area (Å²) < 4.78 is 5.30. The van der Waals surface area contributed by atoms with Gasteiger partial charge < -0.3 is 9.64 Å². The van der Waals surface area contributed by atoms with E-state index in [9.17, 15) is 9.59 Å². The first-order valence-electron chi connectivity index (χ1n) is 9.03. The number of nitrogens with zero attached hydrogens (tertiary/aromatic N) is 1. The molecule has 1 aliphatic heterocycles. The van der Waals surface area contributed by atoms with Crippen LogP contribution in [0.4, 0.5) is 0 Å². The number of methoxy groups -OCH3 is 1. The van der Waals surface area contributed by atoms with Gasteiger partial charge in [0.1, 0.15) is 5.75 Å². The molecule has 5 heteroatoms. The standard InChI is InChI=1S/C21H25NO3S/c1-14-12-18(15(2)26-14)20(23)9-10-21(24)22-11-5-8-19(22)16-6-4-7-17(13-16)25-3/h4,6-7,12-13,19H,5,8-11H2,1-3H3. The lowest BCUT2D eigenvalue weighted by Gasteiger charge is -2.25. The van der Waals surface area contributed by atoms with Gasteiger partial charge in [-0.05, 0) is 50.5 Å². The summed E-state index contributed by atoms with van der Waals surface area (Å²) in [5.74, 6) is 0.936. The van der Waals surface area contributed by atoms with Gasteiger partial charge in [0.25, 0.3) is 0 Å². The molecule has 0 saturated carbocycles. The van der Waals surface area contributed by atoms with Crippen LogP contribution in [0.5, 0.6) is 5.75 Å². The Kier molecular flexibility index (Phi) is 5.77. The van der Waals surface area contributed by atoms with Crippen molar-refractivity contribution >= 4 is 23.0 Å². The molecule has 1 saturated heterocycles. The second kappa shape index (κ2) is 8.04. The van der Waals surface area contributed by atoms with E-state index in [1.807, 2.05) is 49.1 Å². The van der Waals surface area contributed by atoms with E-state index in [0.29, 0.717) is 0 Å². The van der Waals surface area contributed by atoms with Gasteiger partial charge in [-0.25, -0.2) is 0 Å². The maximum absolute atomic E-state index is 12.8. The highest BCUT2D eigenvalue weighted by molar-refractivity contribution is 7.12. The van der Waals surface area contributed by atoms with Crippen LogP contribution in [0.3, 0.4) is 0 Å². The molecule has 26 heavy (non-hydrogen) atoms. The summed E-state index contributed by atoms with van der Waals surface area (Å²) in [6.45, 7) is 4.72. The lowest BCUT2D eigenvalue weighted by atomic mass is 10.0. The van der Waals surface area contributed by atoms with Gasteiger partial charge in [-0.1, -0.05) is 12.1 Å². The molecule has 0 spiro atoms. The molecule has 4 nitrogen and oxygen atoms in total. The fourth-order valence-corrected chi connectivity index (χ4v) is 4.61. The van der Waals surface area contributed by atoms with E-state index >= 15 is 0 Å². The lowest BCUT2D eigenvalue weighted by Crippen LogP contribution is -2.30. The lowest BCUT2D eigenvalue weighted by molar-refractivity contribution is -0.132. The van der Waals surface area contributed by atoms with Crippen LogP contribution in [0.1, 0.15) is 57.4 Å². The zero-order valence-electron chi connectivity index (χ0n) is 15.6. The Bertz CT molecular complexity index is 811. The minimum Gasteiger partial charge on any atom is -0.497 e. The van der Waals surface area contributed by atoms with Crippen molar-refractivity contribution < 1.29 is 14.3 Å². The molecular weight excluding hydrogens is 346 g/mol. The van der Waals surface area contributed by atoms with Crippen molar-refractivity contribution in [3.8, 4) is 5.75 Å². The maximum atomic E-state index is 12.8. The van der Waals surface area contributed by atoms with E-state index in [4.69, 9.17) is 4.74 Å². The molecule has 1 amide bonds. The fourth-order valence-electron chi connectivity index (χ4n) is 3.67. The largest absolute Gasteiger partial charge is 0.497 e. The van der Waals surface area contributed by atoms with Crippen molar-refractivity contribution in [1.29, 1.82) is 0 Å². The topological polar surface area (TPSA) is 46.6 Å². The van der Waals surface area contributed by atoms with Crippen LogP contribution in [0.15, 0.2) is 30.3 Å². The zero-order chi connectivity index (χ0) is 18.7. The molecule has 1 aromatic carbocycles. The van der Waals surface area contributed by atoms with Gasteiger partial charge in [0.05, 0.1) is 13.2 Å². The molecule has 1 unspecified atom stereocenters. The van der Waals surface area contributed by atoms with E-state index in [2.05, 4.69) is 0 Å². The molecule has 0 N–H and O–H groups in total. The average molecular weight is 372 g/mol. The van der Waals surface area contributed by atoms with Crippen molar-refractivity contribution in [2.45, 2.75) is 45.6 Å². The molecule has 2 heterocycles. The van der Waals surface area contributed by atoms with Crippen molar-refractivity contribution in [3.63, 3.8) is 0 Å². The predicted octanol–water partition coefficient (Wildman–Crippen LogP) is 4.70. The van der Waals surface area contributed by atoms with Crippen LogP contribution in [-0.2, 0) is 4.79 Å². The molecule has 138 valence electrons. The minimum absolute atomic E-state index is 0.0632. The van der Waals surface area contributed by atoms with E-state index in [0.717, 1.165) is 46.0 Å². The van der Waals surface area contributed by atoms with Gasteiger partial charge in [-0.3, -0.25) is 9.59 Å². The van der Waals surface area contributed by atoms with Crippen LogP contribution in [0.25, 0.3) is 0 Å². The summed E-state index contributed by atoms with van der Waals surface area (Å²) in [6.07, 6.45) is 2.49. The Morgan fingerprint density at radius 1 is 1.23 bits per heavy atom. The Hall–Kier alpha value is -2.14. The molecular formula is C21H25NO3S. The normalized spacial score (nSPS) is 16.7. The molecule has 2 aromatic rings. The third-order valence-electron chi connectivity index (χ3n) is 4.96. The van der Waals surface area contributed by atoms with Crippen LogP contribution >= 0.6 is 11.3 Å². The summed E-state index contributed by atoms with van der Waals surface area (Å²) in [5, 5.41) is 0. The first-order chi connectivity index (χ1) is 12.5. The van der Waals surface area contributed by atoms with Crippen LogP contribution < -0.4 is 4.74 Å². The second-order valence-corrected chi connectivity index (χ2v) is 8.23. The predicted molar refractivity (Wildman–Crippen MR) is 104 cm³/mol. The first-order valence-corrected chi connectivity index (χ1v) is 9.85. The number of benzene rings is 1. The highest BCUT2D eigenvalue weighted by Gasteiger charge is 2.30. The van der Waals surface area contributed by atoms with Gasteiger partial charge in [0.15, 0.2) is 5.78 Å². The fraction of sp³-hybridized carbons (Fsp3) is 0.429. The number of thiophene rings is 1. The van der Waals surface area contributed by atoms with Crippen LogP contribution in [-0.4, -0.2) is 30.2 Å². The minimum atomic E-state index is 0.0632. The van der Waals surface area contributed by atoms with Crippen molar-refractivity contribution in [3.05, 3.63) is 51.2 Å². The number of likely N-dealkylation sites (tertiary alicyclic amines) is 1. The number of hydrogen-bond acceptors (Lipinski definition) is 4. The summed E-state index contributed by atoms with van der Waals surface area (Å²) >= 11 is 1.63. The Balaban J connectivity index is 1.65. The Morgan fingerprint density at radius 2 is 2.04 bits per heavy atom. The summed E-state index contributed by atoms with van der Waals surface area (Å²) in [6, 6.07) is 9.93. The highest BCUT2D eigenvalue weighted by Crippen LogP contribution is 2.34. The number of carbonyl (C=O) groups excluding carboxylic acids is 2. The number of carbonyl (C=O) groups is 2. The third-order valence-corrected chi connectivity index (χ3v) is 5.92. The average Bonchev–Trinajstić information content (AvgIpc) is 3.25. The summed E-state index contributed by atoms with van der Waals surface area (Å²) in [7, 11) is 1.65. The van der Waals surface area contributed by atoms with E-state index < -0.39 is 0 Å². The summed E-state index contributed by atoms with van der Waals surface area (Å²) in [5.41, 5.74) is 1.87. The molecule has 3 rings (SSSR count). The van der Waals surface area contributed by atoms with E-state index in [-0.39, 0.29) is 30.6 Å². The van der Waals surface area contributed by atoms with Gasteiger partial charge in [-0.2, -0.15) is 0 Å². The number of ketones is 1. The SMILES string of the molecule is COc1cccc(C2CCCN2C(=O)CCC(=O)c2cc(C)sc2C)c1. The number of hydrogen-bond donors (Lipinski definition) is 0. The molecule has 1 fully saturated rings. The van der Waals surface area contributed by atoms with Crippen LogP contribution in [0.2, 0.25) is 0 Å². The second-order valence-electron chi connectivity index (χ2n) is 6.77. The van der Waals surface area contributed by atoms with Crippen molar-refractivity contribution in [1.82, 2.24) is 4.90 Å². The molecule has 1 atom stereocenters. The molecule has 0 radical (unpaired) electrons.